The van der Waals surface area contributed by atoms with E-state index in [0.717, 1.165) is 17.1 Å². The van der Waals surface area contributed by atoms with Crippen LogP contribution in [0, 0.1) is 0 Å². The lowest BCUT2D eigenvalue weighted by Crippen LogP contribution is -2.28. The first-order valence-electron chi connectivity index (χ1n) is 23.3. The maximum absolute atomic E-state index is 2.54. The predicted octanol–water partition coefficient (Wildman–Crippen LogP) is 16.2. The van der Waals surface area contributed by atoms with Gasteiger partial charge in [0, 0.05) is 27.9 Å². The predicted molar refractivity (Wildman–Crippen MR) is 273 cm³/mol. The first kappa shape index (κ1) is 38.5. The van der Waals surface area contributed by atoms with Gasteiger partial charge in [0.15, 0.2) is 0 Å². The van der Waals surface area contributed by atoms with E-state index in [-0.39, 0.29) is 10.8 Å². The van der Waals surface area contributed by atoms with Gasteiger partial charge in [-0.1, -0.05) is 212 Å². The Bertz CT molecular complexity index is 3320. The third-order valence-electron chi connectivity index (χ3n) is 15.5. The maximum Gasteiger partial charge on any atom is 0.0714 e. The van der Waals surface area contributed by atoms with Gasteiger partial charge in [-0.25, -0.2) is 0 Å². The Morgan fingerprint density at radius 2 is 0.530 bits per heavy atom. The Kier molecular flexibility index (Phi) is 8.45. The molecule has 0 bridgehead atoms. The Labute approximate surface area is 388 Å². The van der Waals surface area contributed by atoms with Gasteiger partial charge in [0.25, 0.3) is 0 Å². The smallest absolute Gasteiger partial charge is 0.0714 e. The summed E-state index contributed by atoms with van der Waals surface area (Å²) < 4.78 is 0. The number of anilines is 3. The third kappa shape index (κ3) is 5.23. The van der Waals surface area contributed by atoms with Gasteiger partial charge in [0.2, 0.25) is 0 Å². The number of hydrogen-bond acceptors (Lipinski definition) is 1. The highest BCUT2D eigenvalue weighted by Crippen LogP contribution is 2.59. The van der Waals surface area contributed by atoms with Crippen molar-refractivity contribution in [1.82, 2.24) is 0 Å². The van der Waals surface area contributed by atoms with Crippen LogP contribution in [0.15, 0.2) is 249 Å². The summed E-state index contributed by atoms with van der Waals surface area (Å²) in [5.74, 6) is 0. The molecule has 13 rings (SSSR count). The molecule has 0 radical (unpaired) electrons. The third-order valence-corrected chi connectivity index (χ3v) is 15.5. The normalized spacial score (nSPS) is 17.8. The average molecular weight is 842 g/mol. The van der Waals surface area contributed by atoms with Crippen LogP contribution in [0.1, 0.15) is 69.5 Å². The second-order valence-electron chi connectivity index (χ2n) is 18.6. The number of hydrogen-bond donors (Lipinski definition) is 0. The van der Waals surface area contributed by atoms with E-state index in [0.29, 0.717) is 0 Å². The van der Waals surface area contributed by atoms with Gasteiger partial charge >= 0.3 is 0 Å². The second-order valence-corrected chi connectivity index (χ2v) is 18.6. The van der Waals surface area contributed by atoms with Crippen LogP contribution in [0.25, 0.3) is 33.4 Å². The number of rotatable bonds is 7. The lowest BCUT2D eigenvalue weighted by atomic mass is 9.67. The van der Waals surface area contributed by atoms with Crippen molar-refractivity contribution in [2.24, 2.45) is 0 Å². The first-order valence-corrected chi connectivity index (χ1v) is 23.3. The Morgan fingerprint density at radius 1 is 0.242 bits per heavy atom. The van der Waals surface area contributed by atoms with Gasteiger partial charge < -0.3 is 4.90 Å². The fraction of sp³-hybridized carbons (Fsp3) is 0.0769. The number of fused-ring (bicyclic) bond motifs is 9. The van der Waals surface area contributed by atoms with E-state index in [1.165, 1.54) is 89.0 Å². The van der Waals surface area contributed by atoms with Crippen molar-refractivity contribution in [3.8, 4) is 33.4 Å². The van der Waals surface area contributed by atoms with Gasteiger partial charge in [-0.05, 0) is 139 Å². The highest BCUT2D eigenvalue weighted by molar-refractivity contribution is 5.93. The molecular weight excluding hydrogens is 795 g/mol. The molecule has 0 saturated heterocycles. The monoisotopic (exact) mass is 841 g/mol. The van der Waals surface area contributed by atoms with E-state index >= 15 is 0 Å². The zero-order valence-electron chi connectivity index (χ0n) is 37.1. The molecule has 2 unspecified atom stereocenters. The van der Waals surface area contributed by atoms with Crippen molar-refractivity contribution >= 4 is 17.1 Å². The maximum atomic E-state index is 2.54. The quantitative estimate of drug-likeness (QED) is 0.155. The number of benzene rings is 10. The molecule has 1 nitrogen and oxygen atoms in total. The van der Waals surface area contributed by atoms with Crippen LogP contribution in [-0.4, -0.2) is 0 Å². The molecule has 0 aliphatic heterocycles. The van der Waals surface area contributed by atoms with Crippen molar-refractivity contribution in [2.45, 2.75) is 30.1 Å². The lowest BCUT2D eigenvalue weighted by Gasteiger charge is -2.35. The summed E-state index contributed by atoms with van der Waals surface area (Å²) in [7, 11) is 0. The molecule has 3 aliphatic rings. The summed E-state index contributed by atoms with van der Waals surface area (Å²) in [6.45, 7) is 4.83. The number of nitrogens with zero attached hydrogens (tertiary/aromatic N) is 1. The summed E-state index contributed by atoms with van der Waals surface area (Å²) >= 11 is 0. The van der Waals surface area contributed by atoms with E-state index in [1.54, 1.807) is 0 Å². The van der Waals surface area contributed by atoms with Gasteiger partial charge in [-0.3, -0.25) is 0 Å². The molecule has 66 heavy (non-hydrogen) atoms. The largest absolute Gasteiger partial charge is 0.310 e. The van der Waals surface area contributed by atoms with Crippen molar-refractivity contribution in [1.29, 1.82) is 0 Å². The minimum Gasteiger partial charge on any atom is -0.310 e. The van der Waals surface area contributed by atoms with Gasteiger partial charge in [-0.2, -0.15) is 0 Å². The summed E-state index contributed by atoms with van der Waals surface area (Å²) in [5.41, 5.74) is 22.9. The van der Waals surface area contributed by atoms with Crippen LogP contribution in [0.2, 0.25) is 0 Å². The van der Waals surface area contributed by atoms with Crippen molar-refractivity contribution in [3.63, 3.8) is 0 Å². The van der Waals surface area contributed by atoms with Crippen LogP contribution in [-0.2, 0) is 16.2 Å². The molecule has 0 fully saturated rings. The fourth-order valence-corrected chi connectivity index (χ4v) is 12.4. The molecular formula is C65H47N. The summed E-state index contributed by atoms with van der Waals surface area (Å²) in [6.07, 6.45) is 0. The van der Waals surface area contributed by atoms with E-state index in [9.17, 15) is 0 Å². The molecule has 0 N–H and O–H groups in total. The molecule has 1 heteroatoms. The van der Waals surface area contributed by atoms with Crippen molar-refractivity contribution in [2.75, 3.05) is 4.90 Å². The topological polar surface area (TPSA) is 3.24 Å². The van der Waals surface area contributed by atoms with E-state index < -0.39 is 5.41 Å². The fourth-order valence-electron chi connectivity index (χ4n) is 12.4. The average Bonchev–Trinajstić information content (AvgIpc) is 3.94. The summed E-state index contributed by atoms with van der Waals surface area (Å²) in [4.78, 5) is 2.54. The van der Waals surface area contributed by atoms with Gasteiger partial charge in [0.05, 0.1) is 5.41 Å². The van der Waals surface area contributed by atoms with Crippen LogP contribution in [0.4, 0.5) is 17.1 Å². The van der Waals surface area contributed by atoms with E-state index in [2.05, 4.69) is 267 Å². The zero-order chi connectivity index (χ0) is 44.0. The molecule has 312 valence electrons. The van der Waals surface area contributed by atoms with Gasteiger partial charge in [-0.15, -0.1) is 0 Å². The molecule has 10 aromatic carbocycles. The molecule has 0 heterocycles. The second kappa shape index (κ2) is 14.5. The zero-order valence-corrected chi connectivity index (χ0v) is 37.1. The molecule has 10 aromatic rings. The summed E-state index contributed by atoms with van der Waals surface area (Å²) in [6, 6.07) is 93.2. The first-order chi connectivity index (χ1) is 32.5. The molecule has 0 amide bonds. The molecule has 0 saturated carbocycles. The molecule has 0 aromatic heterocycles. The molecule has 0 spiro atoms. The minimum absolute atomic E-state index is 0.352. The Morgan fingerprint density at radius 3 is 0.939 bits per heavy atom. The van der Waals surface area contributed by atoms with Crippen LogP contribution >= 0.6 is 0 Å². The lowest BCUT2D eigenvalue weighted by molar-refractivity contribution is 0.713. The van der Waals surface area contributed by atoms with Crippen LogP contribution in [0.5, 0.6) is 0 Å². The van der Waals surface area contributed by atoms with Crippen LogP contribution < -0.4 is 4.90 Å². The minimum atomic E-state index is -0.535. The Hall–Kier alpha value is -8.00. The van der Waals surface area contributed by atoms with Crippen molar-refractivity contribution in [3.05, 3.63) is 304 Å². The Balaban J connectivity index is 1.09. The highest BCUT2D eigenvalue weighted by Gasteiger charge is 2.47. The molecule has 2 atom stereocenters. The van der Waals surface area contributed by atoms with Crippen LogP contribution in [0.3, 0.4) is 0 Å². The molecule has 3 aliphatic carbocycles. The summed E-state index contributed by atoms with van der Waals surface area (Å²) in [5, 5.41) is 0. The van der Waals surface area contributed by atoms with Crippen molar-refractivity contribution < 1.29 is 0 Å². The SMILES string of the molecule is CC1(c2ccccc2)c2ccccc2-c2ccc(N(c3ccc4c(c3)C(C)(c3ccccc3)c3ccccc3-4)c3ccc4c(c3)C(c3ccccc3)(c3ccccc3)c3ccccc3-4)cc21. The van der Waals surface area contributed by atoms with Gasteiger partial charge in [0.1, 0.15) is 0 Å². The standard InChI is InChI=1S/C65H47N/c1-63(44-21-7-3-8-22-44)57-32-18-15-29-51(57)54-38-35-48(41-60(54)63)66(49-36-39-55-52-30-16-19-33-58(52)64(2,61(55)42-49)45-23-9-4-10-24-45)50-37-40-56-53-31-17-20-34-59(53)65(62(56)43-50,46-25-11-5-12-26-46)47-27-13-6-14-28-47/h3-43H,1-2H3. The highest BCUT2D eigenvalue weighted by atomic mass is 15.1. The van der Waals surface area contributed by atoms with E-state index in [1.807, 2.05) is 0 Å². The van der Waals surface area contributed by atoms with E-state index in [4.69, 9.17) is 0 Å².